The average molecular weight is 567 g/mol. The molecule has 9 heteroatoms. The Kier molecular flexibility index (Phi) is 11.3. The summed E-state index contributed by atoms with van der Waals surface area (Å²) in [7, 11) is 0. The molecule has 0 aromatic heterocycles. The lowest BCUT2D eigenvalue weighted by Gasteiger charge is -2.37. The highest BCUT2D eigenvalue weighted by Crippen LogP contribution is 2.23. The van der Waals surface area contributed by atoms with Crippen LogP contribution in [0.3, 0.4) is 0 Å². The van der Waals surface area contributed by atoms with Gasteiger partial charge in [0.05, 0.1) is 12.7 Å². The van der Waals surface area contributed by atoms with Crippen molar-refractivity contribution in [3.8, 4) is 0 Å². The van der Waals surface area contributed by atoms with E-state index < -0.39 is 5.60 Å². The molecule has 3 saturated heterocycles. The fourth-order valence-electron chi connectivity index (χ4n) is 4.56. The first-order chi connectivity index (χ1) is 14.9. The molecule has 1 amide bonds. The Morgan fingerprint density at radius 1 is 1.06 bits per heavy atom. The lowest BCUT2D eigenvalue weighted by molar-refractivity contribution is -0.0817. The number of guanidine groups is 1. The number of morpholine rings is 1. The minimum atomic E-state index is -0.450. The van der Waals surface area contributed by atoms with Crippen molar-refractivity contribution in [1.29, 1.82) is 0 Å². The van der Waals surface area contributed by atoms with Crippen LogP contribution < -0.4 is 5.32 Å². The second-order valence-electron chi connectivity index (χ2n) is 9.87. The van der Waals surface area contributed by atoms with Crippen LogP contribution >= 0.6 is 24.0 Å². The van der Waals surface area contributed by atoms with E-state index in [2.05, 4.69) is 17.1 Å². The molecule has 3 atom stereocenters. The second-order valence-corrected chi connectivity index (χ2v) is 9.87. The number of hydrogen-bond acceptors (Lipinski definition) is 5. The topological polar surface area (TPSA) is 75.6 Å². The zero-order valence-corrected chi connectivity index (χ0v) is 22.6. The molecule has 1 N–H and O–H groups in total. The number of amides is 1. The van der Waals surface area contributed by atoms with Gasteiger partial charge >= 0.3 is 6.09 Å². The zero-order chi connectivity index (χ0) is 22.3. The molecule has 0 aromatic carbocycles. The number of ether oxygens (including phenoxy) is 3. The number of nitrogens with zero attached hydrogens (tertiary/aromatic N) is 3. The minimum Gasteiger partial charge on any atom is -0.444 e. The number of hydrogen-bond donors (Lipinski definition) is 1. The van der Waals surface area contributed by atoms with Gasteiger partial charge in [-0.15, -0.1) is 24.0 Å². The Balaban J connectivity index is 0.00000363. The van der Waals surface area contributed by atoms with Gasteiger partial charge in [-0.3, -0.25) is 4.99 Å². The summed E-state index contributed by atoms with van der Waals surface area (Å²) in [5.74, 6) is 1.44. The summed E-state index contributed by atoms with van der Waals surface area (Å²) in [5.41, 5.74) is -0.450. The molecule has 3 fully saturated rings. The first-order valence-corrected chi connectivity index (χ1v) is 12.1. The molecule has 0 saturated carbocycles. The van der Waals surface area contributed by atoms with E-state index in [1.807, 2.05) is 25.7 Å². The summed E-state index contributed by atoms with van der Waals surface area (Å²) in [6.45, 7) is 14.2. The summed E-state index contributed by atoms with van der Waals surface area (Å²) in [6.07, 6.45) is 5.51. The quantitative estimate of drug-likeness (QED) is 0.312. The maximum atomic E-state index is 12.4. The predicted octanol–water partition coefficient (Wildman–Crippen LogP) is 3.49. The number of aliphatic imine (C=N–C) groups is 1. The molecule has 3 heterocycles. The van der Waals surface area contributed by atoms with Gasteiger partial charge in [0.2, 0.25) is 0 Å². The van der Waals surface area contributed by atoms with Crippen LogP contribution in [0.1, 0.15) is 59.8 Å². The van der Waals surface area contributed by atoms with Crippen molar-refractivity contribution < 1.29 is 19.0 Å². The average Bonchev–Trinajstić information content (AvgIpc) is 3.27. The summed E-state index contributed by atoms with van der Waals surface area (Å²) in [6, 6.07) is 0. The standard InChI is InChI=1S/C23H42N4O4.HI/c1-5-24-21(26-13-15-30-20(17-26)19-9-7-14-29-19)25-11-10-18-8-6-12-27(16-18)22(28)31-23(2,3)4;/h18-20H,5-17H2,1-4H3,(H,24,25);1H. The fourth-order valence-corrected chi connectivity index (χ4v) is 4.56. The number of piperidine rings is 1. The Bertz CT molecular complexity index is 607. The van der Waals surface area contributed by atoms with Gasteiger partial charge in [0, 0.05) is 45.9 Å². The number of rotatable bonds is 5. The maximum absolute atomic E-state index is 12.4. The molecular formula is C23H43IN4O4. The van der Waals surface area contributed by atoms with Gasteiger partial charge in [-0.05, 0) is 65.7 Å². The summed E-state index contributed by atoms with van der Waals surface area (Å²) in [4.78, 5) is 21.5. The van der Waals surface area contributed by atoms with E-state index in [0.717, 1.165) is 83.9 Å². The van der Waals surface area contributed by atoms with Crippen LogP contribution in [0.4, 0.5) is 4.79 Å². The molecule has 0 bridgehead atoms. The summed E-state index contributed by atoms with van der Waals surface area (Å²) in [5, 5.41) is 3.45. The Hall–Kier alpha value is -0.810. The predicted molar refractivity (Wildman–Crippen MR) is 137 cm³/mol. The second kappa shape index (κ2) is 13.2. The molecule has 186 valence electrons. The van der Waals surface area contributed by atoms with Crippen LogP contribution in [-0.4, -0.2) is 92.1 Å². The largest absolute Gasteiger partial charge is 0.444 e. The summed E-state index contributed by atoms with van der Waals surface area (Å²) < 4.78 is 17.4. The fraction of sp³-hybridized carbons (Fsp3) is 0.913. The van der Waals surface area contributed by atoms with Gasteiger partial charge in [0.1, 0.15) is 11.7 Å². The van der Waals surface area contributed by atoms with E-state index in [9.17, 15) is 4.79 Å². The van der Waals surface area contributed by atoms with Crippen molar-refractivity contribution in [3.63, 3.8) is 0 Å². The Morgan fingerprint density at radius 2 is 1.84 bits per heavy atom. The van der Waals surface area contributed by atoms with Crippen LogP contribution in [0, 0.1) is 5.92 Å². The third kappa shape index (κ3) is 8.52. The van der Waals surface area contributed by atoms with E-state index in [4.69, 9.17) is 19.2 Å². The zero-order valence-electron chi connectivity index (χ0n) is 20.3. The molecular weight excluding hydrogens is 523 g/mol. The monoisotopic (exact) mass is 566 g/mol. The van der Waals surface area contributed by atoms with Crippen molar-refractivity contribution in [3.05, 3.63) is 0 Å². The number of likely N-dealkylation sites (tertiary alicyclic amines) is 1. The normalized spacial score (nSPS) is 27.1. The van der Waals surface area contributed by atoms with Crippen molar-refractivity contribution in [2.45, 2.75) is 77.6 Å². The smallest absolute Gasteiger partial charge is 0.410 e. The van der Waals surface area contributed by atoms with E-state index in [1.54, 1.807) is 0 Å². The molecule has 0 radical (unpaired) electrons. The lowest BCUT2D eigenvalue weighted by Crippen LogP contribution is -2.53. The van der Waals surface area contributed by atoms with E-state index in [-0.39, 0.29) is 42.3 Å². The van der Waals surface area contributed by atoms with Crippen LogP contribution in [0.2, 0.25) is 0 Å². The first kappa shape index (κ1) is 27.4. The Morgan fingerprint density at radius 3 is 2.53 bits per heavy atom. The molecule has 3 aliphatic heterocycles. The number of carbonyl (C=O) groups is 1. The minimum absolute atomic E-state index is 0. The highest BCUT2D eigenvalue weighted by Gasteiger charge is 2.32. The van der Waals surface area contributed by atoms with Crippen molar-refractivity contribution in [2.75, 3.05) is 52.5 Å². The summed E-state index contributed by atoms with van der Waals surface area (Å²) >= 11 is 0. The molecule has 32 heavy (non-hydrogen) atoms. The van der Waals surface area contributed by atoms with Gasteiger partial charge in [0.25, 0.3) is 0 Å². The molecule has 8 nitrogen and oxygen atoms in total. The molecule has 0 spiro atoms. The first-order valence-electron chi connectivity index (χ1n) is 12.1. The molecule has 3 aliphatic rings. The van der Waals surface area contributed by atoms with Crippen molar-refractivity contribution in [2.24, 2.45) is 10.9 Å². The highest BCUT2D eigenvalue weighted by atomic mass is 127. The van der Waals surface area contributed by atoms with Crippen LogP contribution in [0.25, 0.3) is 0 Å². The van der Waals surface area contributed by atoms with Gasteiger partial charge in [0.15, 0.2) is 5.96 Å². The number of nitrogens with one attached hydrogen (secondary N) is 1. The van der Waals surface area contributed by atoms with Gasteiger partial charge < -0.3 is 29.3 Å². The van der Waals surface area contributed by atoms with Crippen molar-refractivity contribution in [1.82, 2.24) is 15.1 Å². The lowest BCUT2D eigenvalue weighted by atomic mass is 9.95. The van der Waals surface area contributed by atoms with Crippen molar-refractivity contribution >= 4 is 36.0 Å². The van der Waals surface area contributed by atoms with Gasteiger partial charge in [-0.1, -0.05) is 0 Å². The molecule has 3 unspecified atom stereocenters. The Labute approximate surface area is 210 Å². The molecule has 0 aromatic rings. The molecule has 0 aliphatic carbocycles. The van der Waals surface area contributed by atoms with Crippen LogP contribution in [0.15, 0.2) is 4.99 Å². The van der Waals surface area contributed by atoms with E-state index in [1.165, 1.54) is 0 Å². The molecule has 3 rings (SSSR count). The highest BCUT2D eigenvalue weighted by molar-refractivity contribution is 14.0. The third-order valence-corrected chi connectivity index (χ3v) is 6.08. The number of halogens is 1. The SMILES string of the molecule is CCNC(=NCCC1CCCN(C(=O)OC(C)(C)C)C1)N1CCOC(C2CCCO2)C1.I. The van der Waals surface area contributed by atoms with Crippen LogP contribution in [-0.2, 0) is 14.2 Å². The number of carbonyl (C=O) groups excluding carboxylic acids is 1. The van der Waals surface area contributed by atoms with E-state index in [0.29, 0.717) is 12.5 Å². The van der Waals surface area contributed by atoms with Crippen LogP contribution in [0.5, 0.6) is 0 Å². The van der Waals surface area contributed by atoms with E-state index >= 15 is 0 Å². The van der Waals surface area contributed by atoms with Gasteiger partial charge in [-0.25, -0.2) is 4.79 Å². The third-order valence-electron chi connectivity index (χ3n) is 6.08. The maximum Gasteiger partial charge on any atom is 0.410 e. The van der Waals surface area contributed by atoms with Gasteiger partial charge in [-0.2, -0.15) is 0 Å².